The van der Waals surface area contributed by atoms with E-state index in [1.54, 1.807) is 24.5 Å². The summed E-state index contributed by atoms with van der Waals surface area (Å²) in [6.45, 7) is 2.36. The zero-order chi connectivity index (χ0) is 15.2. The van der Waals surface area contributed by atoms with Crippen LogP contribution < -0.4 is 10.6 Å². The van der Waals surface area contributed by atoms with Crippen LogP contribution in [0.4, 0.5) is 4.79 Å². The van der Waals surface area contributed by atoms with Crippen molar-refractivity contribution in [3.05, 3.63) is 58.0 Å². The molecule has 21 heavy (non-hydrogen) atoms. The number of amides is 2. The van der Waals surface area contributed by atoms with Gasteiger partial charge in [0.2, 0.25) is 0 Å². The molecule has 1 atom stereocenters. The Hall–Kier alpha value is -1.65. The van der Waals surface area contributed by atoms with Gasteiger partial charge in [-0.2, -0.15) is 0 Å². The first-order valence-electron chi connectivity index (χ1n) is 6.58. The molecule has 2 aromatic rings. The van der Waals surface area contributed by atoms with Crippen molar-refractivity contribution < 1.29 is 9.21 Å². The Balaban J connectivity index is 1.81. The van der Waals surface area contributed by atoms with Gasteiger partial charge in [0.1, 0.15) is 5.76 Å². The Morgan fingerprint density at radius 2 is 2.14 bits per heavy atom. The van der Waals surface area contributed by atoms with E-state index in [9.17, 15) is 4.79 Å². The van der Waals surface area contributed by atoms with Crippen LogP contribution in [0.25, 0.3) is 0 Å². The summed E-state index contributed by atoms with van der Waals surface area (Å²) in [5.41, 5.74) is 0.822. The quantitative estimate of drug-likeness (QED) is 0.865. The van der Waals surface area contributed by atoms with Crippen LogP contribution in [0.1, 0.15) is 24.3 Å². The molecule has 1 aromatic heterocycles. The third-order valence-corrected chi connectivity index (χ3v) is 3.58. The number of benzene rings is 1. The van der Waals surface area contributed by atoms with Crippen molar-refractivity contribution in [2.45, 2.75) is 19.4 Å². The van der Waals surface area contributed by atoms with Gasteiger partial charge in [0.15, 0.2) is 0 Å². The molecule has 1 heterocycles. The van der Waals surface area contributed by atoms with E-state index in [0.29, 0.717) is 23.0 Å². The molecule has 2 amide bonds. The Morgan fingerprint density at radius 1 is 1.33 bits per heavy atom. The normalized spacial score (nSPS) is 12.0. The molecule has 4 nitrogen and oxygen atoms in total. The minimum absolute atomic E-state index is 0.210. The van der Waals surface area contributed by atoms with Gasteiger partial charge in [0.05, 0.1) is 12.3 Å². The van der Waals surface area contributed by atoms with Crippen molar-refractivity contribution >= 4 is 29.2 Å². The van der Waals surface area contributed by atoms with Gasteiger partial charge in [-0.1, -0.05) is 29.3 Å². The van der Waals surface area contributed by atoms with Crippen molar-refractivity contribution in [3.8, 4) is 0 Å². The summed E-state index contributed by atoms with van der Waals surface area (Å²) < 4.78 is 5.19. The highest BCUT2D eigenvalue weighted by atomic mass is 35.5. The molecule has 0 fully saturated rings. The molecule has 2 rings (SSSR count). The van der Waals surface area contributed by atoms with Crippen LogP contribution in [0.5, 0.6) is 0 Å². The van der Waals surface area contributed by atoms with Crippen LogP contribution in [0.3, 0.4) is 0 Å². The smallest absolute Gasteiger partial charge is 0.315 e. The molecule has 0 saturated carbocycles. The molecule has 0 bridgehead atoms. The van der Waals surface area contributed by atoms with Gasteiger partial charge in [-0.05, 0) is 36.8 Å². The highest BCUT2D eigenvalue weighted by Gasteiger charge is 2.12. The molecular formula is C15H16Cl2N2O2. The van der Waals surface area contributed by atoms with Crippen LogP contribution in [-0.2, 0) is 6.42 Å². The molecule has 0 saturated heterocycles. The lowest BCUT2D eigenvalue weighted by molar-refractivity contribution is 0.238. The fourth-order valence-corrected chi connectivity index (χ4v) is 2.50. The van der Waals surface area contributed by atoms with Gasteiger partial charge in [0, 0.05) is 23.0 Å². The SMILES string of the molecule is C[C@H](NC(=O)NCCc1ccco1)c1ccc(Cl)cc1Cl. The summed E-state index contributed by atoms with van der Waals surface area (Å²) in [5, 5.41) is 6.70. The van der Waals surface area contributed by atoms with Crippen molar-refractivity contribution in [3.63, 3.8) is 0 Å². The monoisotopic (exact) mass is 326 g/mol. The summed E-state index contributed by atoms with van der Waals surface area (Å²) in [4.78, 5) is 11.8. The molecule has 0 aliphatic rings. The highest BCUT2D eigenvalue weighted by Crippen LogP contribution is 2.25. The van der Waals surface area contributed by atoms with Crippen LogP contribution in [-0.4, -0.2) is 12.6 Å². The van der Waals surface area contributed by atoms with E-state index < -0.39 is 0 Å². The number of halogens is 2. The van der Waals surface area contributed by atoms with Crippen molar-refractivity contribution in [2.75, 3.05) is 6.54 Å². The molecule has 0 unspecified atom stereocenters. The number of carbonyl (C=O) groups is 1. The number of urea groups is 1. The summed E-state index contributed by atoms with van der Waals surface area (Å²) in [6.07, 6.45) is 2.26. The molecule has 0 aliphatic heterocycles. The molecule has 112 valence electrons. The summed E-state index contributed by atoms with van der Waals surface area (Å²) in [6, 6.07) is 8.44. The van der Waals surface area contributed by atoms with Crippen LogP contribution in [0.15, 0.2) is 41.0 Å². The topological polar surface area (TPSA) is 54.3 Å². The minimum atomic E-state index is -0.250. The highest BCUT2D eigenvalue weighted by molar-refractivity contribution is 6.35. The predicted octanol–water partition coefficient (Wildman–Crippen LogP) is 4.19. The third-order valence-electron chi connectivity index (χ3n) is 3.01. The van der Waals surface area contributed by atoms with E-state index in [-0.39, 0.29) is 12.1 Å². The van der Waals surface area contributed by atoms with E-state index in [0.717, 1.165) is 11.3 Å². The number of hydrogen-bond acceptors (Lipinski definition) is 2. The van der Waals surface area contributed by atoms with Gasteiger partial charge >= 0.3 is 6.03 Å². The first kappa shape index (κ1) is 15.7. The Labute approximate surface area is 133 Å². The number of hydrogen-bond donors (Lipinski definition) is 2. The Bertz CT molecular complexity index is 600. The number of carbonyl (C=O) groups excluding carboxylic acids is 1. The lowest BCUT2D eigenvalue weighted by atomic mass is 10.1. The zero-order valence-corrected chi connectivity index (χ0v) is 13.0. The third kappa shape index (κ3) is 4.69. The number of furan rings is 1. The maximum Gasteiger partial charge on any atom is 0.315 e. The van der Waals surface area contributed by atoms with E-state index >= 15 is 0 Å². The fourth-order valence-electron chi connectivity index (χ4n) is 1.93. The van der Waals surface area contributed by atoms with E-state index in [1.807, 2.05) is 19.1 Å². The zero-order valence-electron chi connectivity index (χ0n) is 11.5. The summed E-state index contributed by atoms with van der Waals surface area (Å²) in [5.74, 6) is 0.837. The first-order chi connectivity index (χ1) is 10.1. The van der Waals surface area contributed by atoms with Gasteiger partial charge in [-0.25, -0.2) is 4.79 Å². The maximum absolute atomic E-state index is 11.8. The molecule has 0 aliphatic carbocycles. The number of nitrogens with one attached hydrogen (secondary N) is 2. The molecule has 0 spiro atoms. The largest absolute Gasteiger partial charge is 0.469 e. The Kier molecular flexibility index (Phi) is 5.53. The second-order valence-corrected chi connectivity index (χ2v) is 5.46. The lowest BCUT2D eigenvalue weighted by Crippen LogP contribution is -2.38. The molecular weight excluding hydrogens is 311 g/mol. The van der Waals surface area contributed by atoms with Crippen LogP contribution in [0, 0.1) is 0 Å². The molecule has 0 radical (unpaired) electrons. The fraction of sp³-hybridized carbons (Fsp3) is 0.267. The van der Waals surface area contributed by atoms with E-state index in [4.69, 9.17) is 27.6 Å². The van der Waals surface area contributed by atoms with E-state index in [2.05, 4.69) is 10.6 Å². The van der Waals surface area contributed by atoms with Crippen molar-refractivity contribution in [1.82, 2.24) is 10.6 Å². The molecule has 1 aromatic carbocycles. The van der Waals surface area contributed by atoms with Crippen molar-refractivity contribution in [2.24, 2.45) is 0 Å². The molecule has 2 N–H and O–H groups in total. The van der Waals surface area contributed by atoms with Gasteiger partial charge in [-0.3, -0.25) is 0 Å². The van der Waals surface area contributed by atoms with Gasteiger partial charge in [-0.15, -0.1) is 0 Å². The Morgan fingerprint density at radius 3 is 2.81 bits per heavy atom. The van der Waals surface area contributed by atoms with Gasteiger partial charge in [0.25, 0.3) is 0 Å². The number of rotatable bonds is 5. The van der Waals surface area contributed by atoms with Crippen LogP contribution >= 0.6 is 23.2 Å². The van der Waals surface area contributed by atoms with Crippen molar-refractivity contribution in [1.29, 1.82) is 0 Å². The standard InChI is InChI=1S/C15H16Cl2N2O2/c1-10(13-5-4-11(16)9-14(13)17)19-15(20)18-7-6-12-3-2-8-21-12/h2-5,8-10H,6-7H2,1H3,(H2,18,19,20)/t10-/m0/s1. The first-order valence-corrected chi connectivity index (χ1v) is 7.33. The average molecular weight is 327 g/mol. The summed E-state index contributed by atoms with van der Waals surface area (Å²) in [7, 11) is 0. The second kappa shape index (κ2) is 7.38. The van der Waals surface area contributed by atoms with Crippen LogP contribution in [0.2, 0.25) is 10.0 Å². The summed E-state index contributed by atoms with van der Waals surface area (Å²) >= 11 is 12.0. The molecule has 6 heteroatoms. The minimum Gasteiger partial charge on any atom is -0.469 e. The average Bonchev–Trinajstić information content (AvgIpc) is 2.91. The van der Waals surface area contributed by atoms with Gasteiger partial charge < -0.3 is 15.1 Å². The van der Waals surface area contributed by atoms with E-state index in [1.165, 1.54) is 0 Å². The lowest BCUT2D eigenvalue weighted by Gasteiger charge is -2.16. The predicted molar refractivity (Wildman–Crippen MR) is 83.8 cm³/mol. The second-order valence-electron chi connectivity index (χ2n) is 4.62. The maximum atomic E-state index is 11.8.